The van der Waals surface area contributed by atoms with Gasteiger partial charge in [-0.05, 0) is 40.2 Å². The van der Waals surface area contributed by atoms with E-state index in [0.29, 0.717) is 5.91 Å². The van der Waals surface area contributed by atoms with Crippen LogP contribution >= 0.6 is 0 Å². The highest BCUT2D eigenvalue weighted by atomic mass is 16.5. The van der Waals surface area contributed by atoms with Gasteiger partial charge in [0.05, 0.1) is 11.1 Å². The molecule has 1 amide bonds. The Balaban J connectivity index is 1.55. The summed E-state index contributed by atoms with van der Waals surface area (Å²) in [5.74, 6) is 1.23. The Morgan fingerprint density at radius 1 is 1.30 bits per heavy atom. The van der Waals surface area contributed by atoms with Crippen molar-refractivity contribution in [3.63, 3.8) is 0 Å². The van der Waals surface area contributed by atoms with Crippen LogP contribution in [0.2, 0.25) is 0 Å². The van der Waals surface area contributed by atoms with E-state index in [0.717, 1.165) is 70.1 Å². The van der Waals surface area contributed by atoms with Crippen LogP contribution in [0.5, 0.6) is 0 Å². The molecule has 23 heavy (non-hydrogen) atoms. The van der Waals surface area contributed by atoms with Crippen molar-refractivity contribution in [1.29, 1.82) is 0 Å². The second-order valence-electron chi connectivity index (χ2n) is 7.21. The normalized spacial score (nSPS) is 26.5. The number of carbonyl (C=O) groups is 1. The van der Waals surface area contributed by atoms with Crippen LogP contribution in [0.15, 0.2) is 4.52 Å². The lowest BCUT2D eigenvalue weighted by molar-refractivity contribution is -0.144. The third-order valence-corrected chi connectivity index (χ3v) is 5.34. The van der Waals surface area contributed by atoms with Gasteiger partial charge in [0.25, 0.3) is 0 Å². The number of aryl methyl sites for hydroxylation is 2. The van der Waals surface area contributed by atoms with E-state index in [4.69, 9.17) is 4.52 Å². The van der Waals surface area contributed by atoms with Crippen molar-refractivity contribution in [2.75, 3.05) is 39.3 Å². The van der Waals surface area contributed by atoms with Crippen molar-refractivity contribution >= 4 is 5.91 Å². The van der Waals surface area contributed by atoms with Crippen LogP contribution in [0.25, 0.3) is 0 Å². The number of hydrogen-bond donors (Lipinski definition) is 1. The number of hydrogen-bond acceptors (Lipinski definition) is 5. The molecular weight excluding hydrogens is 292 g/mol. The van der Waals surface area contributed by atoms with Gasteiger partial charge in [-0.25, -0.2) is 0 Å². The van der Waals surface area contributed by atoms with Gasteiger partial charge in [0.1, 0.15) is 5.76 Å². The summed E-state index contributed by atoms with van der Waals surface area (Å²) in [6.45, 7) is 12.2. The Morgan fingerprint density at radius 2 is 2.04 bits per heavy atom. The third-order valence-electron chi connectivity index (χ3n) is 5.34. The predicted molar refractivity (Wildman–Crippen MR) is 88.0 cm³/mol. The van der Waals surface area contributed by atoms with E-state index >= 15 is 0 Å². The largest absolute Gasteiger partial charge is 0.361 e. The molecule has 0 saturated carbocycles. The molecule has 0 radical (unpaired) electrons. The van der Waals surface area contributed by atoms with E-state index in [1.807, 2.05) is 13.8 Å². The number of amides is 1. The molecule has 2 aliphatic rings. The quantitative estimate of drug-likeness (QED) is 0.910. The zero-order chi connectivity index (χ0) is 16.4. The third kappa shape index (κ3) is 3.43. The fourth-order valence-electron chi connectivity index (χ4n) is 3.68. The average Bonchev–Trinajstić information content (AvgIpc) is 2.87. The van der Waals surface area contributed by atoms with Crippen molar-refractivity contribution < 1.29 is 9.32 Å². The SMILES string of the molecule is Cc1noc(C)c1CN1CCN(C(=O)[C@@]2(C)CCCNC2)CC1. The summed E-state index contributed by atoms with van der Waals surface area (Å²) >= 11 is 0. The monoisotopic (exact) mass is 320 g/mol. The standard InChI is InChI=1S/C17H28N4O2/c1-13-15(14(2)23-19-13)11-20-7-9-21(10-8-20)16(22)17(3)5-4-6-18-12-17/h18H,4-12H2,1-3H3/t17-/m0/s1. The summed E-state index contributed by atoms with van der Waals surface area (Å²) in [5, 5.41) is 7.39. The molecule has 3 heterocycles. The number of nitrogens with zero attached hydrogens (tertiary/aromatic N) is 3. The van der Waals surface area contributed by atoms with Crippen LogP contribution in [0.4, 0.5) is 0 Å². The molecule has 0 aromatic carbocycles. The lowest BCUT2D eigenvalue weighted by Gasteiger charge is -2.41. The summed E-state index contributed by atoms with van der Waals surface area (Å²) in [6, 6.07) is 0. The Bertz CT molecular complexity index is 535. The number of rotatable bonds is 3. The van der Waals surface area contributed by atoms with E-state index in [1.54, 1.807) is 0 Å². The van der Waals surface area contributed by atoms with Crippen molar-refractivity contribution in [3.05, 3.63) is 17.0 Å². The molecule has 0 spiro atoms. The fourth-order valence-corrected chi connectivity index (χ4v) is 3.68. The average molecular weight is 320 g/mol. The molecule has 0 bridgehead atoms. The molecule has 128 valence electrons. The van der Waals surface area contributed by atoms with E-state index in [2.05, 4.69) is 27.2 Å². The topological polar surface area (TPSA) is 61.6 Å². The molecule has 0 unspecified atom stereocenters. The summed E-state index contributed by atoms with van der Waals surface area (Å²) < 4.78 is 5.24. The fraction of sp³-hybridized carbons (Fsp3) is 0.765. The van der Waals surface area contributed by atoms with Gasteiger partial charge >= 0.3 is 0 Å². The van der Waals surface area contributed by atoms with Crippen molar-refractivity contribution in [1.82, 2.24) is 20.3 Å². The molecule has 2 fully saturated rings. The van der Waals surface area contributed by atoms with Crippen molar-refractivity contribution in [2.45, 2.75) is 40.2 Å². The molecule has 1 aromatic rings. The summed E-state index contributed by atoms with van der Waals surface area (Å²) in [5.41, 5.74) is 1.94. The molecule has 6 heteroatoms. The molecule has 6 nitrogen and oxygen atoms in total. The van der Waals surface area contributed by atoms with Crippen LogP contribution in [-0.2, 0) is 11.3 Å². The maximum absolute atomic E-state index is 12.8. The summed E-state index contributed by atoms with van der Waals surface area (Å²) in [4.78, 5) is 17.3. The number of aromatic nitrogens is 1. The zero-order valence-electron chi connectivity index (χ0n) is 14.5. The lowest BCUT2D eigenvalue weighted by Crippen LogP contribution is -2.55. The molecule has 2 saturated heterocycles. The number of nitrogens with one attached hydrogen (secondary N) is 1. The molecule has 1 aromatic heterocycles. The van der Waals surface area contributed by atoms with E-state index in [9.17, 15) is 4.79 Å². The van der Waals surface area contributed by atoms with Gasteiger partial charge in [-0.15, -0.1) is 0 Å². The van der Waals surface area contributed by atoms with E-state index < -0.39 is 0 Å². The first-order valence-corrected chi connectivity index (χ1v) is 8.64. The molecule has 0 aliphatic carbocycles. The molecule has 1 N–H and O–H groups in total. The predicted octanol–water partition coefficient (Wildman–Crippen LogP) is 1.33. The first-order valence-electron chi connectivity index (χ1n) is 8.64. The maximum Gasteiger partial charge on any atom is 0.229 e. The Hall–Kier alpha value is -1.40. The second kappa shape index (κ2) is 6.61. The molecule has 3 rings (SSSR count). The van der Waals surface area contributed by atoms with Gasteiger partial charge in [-0.1, -0.05) is 5.16 Å². The molecule has 2 aliphatic heterocycles. The smallest absolute Gasteiger partial charge is 0.229 e. The van der Waals surface area contributed by atoms with E-state index in [-0.39, 0.29) is 5.41 Å². The zero-order valence-corrected chi connectivity index (χ0v) is 14.5. The number of carbonyl (C=O) groups excluding carboxylic acids is 1. The summed E-state index contributed by atoms with van der Waals surface area (Å²) in [6.07, 6.45) is 2.09. The van der Waals surface area contributed by atoms with Gasteiger partial charge in [0, 0.05) is 44.8 Å². The van der Waals surface area contributed by atoms with Crippen molar-refractivity contribution in [3.8, 4) is 0 Å². The van der Waals surface area contributed by atoms with Gasteiger partial charge < -0.3 is 14.7 Å². The highest BCUT2D eigenvalue weighted by molar-refractivity contribution is 5.82. The first-order chi connectivity index (χ1) is 11.0. The van der Waals surface area contributed by atoms with Crippen LogP contribution < -0.4 is 5.32 Å². The minimum atomic E-state index is -0.220. The van der Waals surface area contributed by atoms with Crippen molar-refractivity contribution in [2.24, 2.45) is 5.41 Å². The van der Waals surface area contributed by atoms with Gasteiger partial charge in [0.2, 0.25) is 5.91 Å². The number of piperazine rings is 1. The second-order valence-corrected chi connectivity index (χ2v) is 7.21. The van der Waals surface area contributed by atoms with E-state index in [1.165, 1.54) is 5.56 Å². The van der Waals surface area contributed by atoms with Gasteiger partial charge in [0.15, 0.2) is 0 Å². The van der Waals surface area contributed by atoms with Crippen LogP contribution in [0.3, 0.4) is 0 Å². The highest BCUT2D eigenvalue weighted by Gasteiger charge is 2.38. The minimum Gasteiger partial charge on any atom is -0.361 e. The van der Waals surface area contributed by atoms with Crippen LogP contribution in [0, 0.1) is 19.3 Å². The molecule has 1 atom stereocenters. The minimum absolute atomic E-state index is 0.220. The van der Waals surface area contributed by atoms with Gasteiger partial charge in [-0.2, -0.15) is 0 Å². The molecular formula is C17H28N4O2. The van der Waals surface area contributed by atoms with Crippen LogP contribution in [-0.4, -0.2) is 60.1 Å². The number of piperidine rings is 1. The first kappa shape index (κ1) is 16.5. The Kier molecular flexibility index (Phi) is 4.73. The van der Waals surface area contributed by atoms with Crippen LogP contribution in [0.1, 0.15) is 36.8 Å². The Labute approximate surface area is 138 Å². The van der Waals surface area contributed by atoms with Gasteiger partial charge in [-0.3, -0.25) is 9.69 Å². The maximum atomic E-state index is 12.8. The highest BCUT2D eigenvalue weighted by Crippen LogP contribution is 2.28. The summed E-state index contributed by atoms with van der Waals surface area (Å²) in [7, 11) is 0. The lowest BCUT2D eigenvalue weighted by atomic mass is 9.81. The Morgan fingerprint density at radius 3 is 2.61 bits per heavy atom.